The Morgan fingerprint density at radius 2 is 1.95 bits per heavy atom. The zero-order chi connectivity index (χ0) is 14.4. The van der Waals surface area contributed by atoms with E-state index in [0.29, 0.717) is 5.92 Å². The number of nitrogens with zero attached hydrogens (tertiary/aromatic N) is 1. The number of aryl methyl sites for hydroxylation is 2. The van der Waals surface area contributed by atoms with E-state index < -0.39 is 0 Å². The van der Waals surface area contributed by atoms with Gasteiger partial charge in [-0.3, -0.25) is 0 Å². The second-order valence-electron chi connectivity index (χ2n) is 5.37. The van der Waals surface area contributed by atoms with E-state index in [2.05, 4.69) is 60.7 Å². The van der Waals surface area contributed by atoms with Gasteiger partial charge < -0.3 is 5.32 Å². The fraction of sp³-hybridized carbons (Fsp3) is 0.471. The molecule has 2 aromatic rings. The summed E-state index contributed by atoms with van der Waals surface area (Å²) in [5.41, 5.74) is 3.94. The molecular weight excluding hydrogens is 264 g/mol. The summed E-state index contributed by atoms with van der Waals surface area (Å²) in [5.74, 6) is 0.503. The van der Waals surface area contributed by atoms with Crippen molar-refractivity contribution in [3.63, 3.8) is 0 Å². The molecule has 0 radical (unpaired) electrons. The number of thiazole rings is 1. The summed E-state index contributed by atoms with van der Waals surface area (Å²) in [6.07, 6.45) is 2.19. The number of hydrogen-bond acceptors (Lipinski definition) is 3. The van der Waals surface area contributed by atoms with E-state index in [9.17, 15) is 0 Å². The van der Waals surface area contributed by atoms with E-state index >= 15 is 0 Å². The third-order valence-electron chi connectivity index (χ3n) is 3.49. The molecule has 0 aliphatic carbocycles. The molecule has 0 spiro atoms. The molecular formula is C17H24N2S. The number of nitrogens with one attached hydrogen (secondary N) is 1. The molecule has 1 aromatic heterocycles. The van der Waals surface area contributed by atoms with Gasteiger partial charge in [-0.05, 0) is 38.8 Å². The van der Waals surface area contributed by atoms with Gasteiger partial charge in [0, 0.05) is 17.8 Å². The highest BCUT2D eigenvalue weighted by atomic mass is 32.1. The van der Waals surface area contributed by atoms with E-state index in [4.69, 9.17) is 0 Å². The maximum atomic E-state index is 4.61. The summed E-state index contributed by atoms with van der Waals surface area (Å²) in [5, 5.41) is 6.90. The van der Waals surface area contributed by atoms with Crippen molar-refractivity contribution in [2.24, 2.45) is 0 Å². The molecule has 1 unspecified atom stereocenters. The fourth-order valence-corrected chi connectivity index (χ4v) is 2.98. The highest BCUT2D eigenvalue weighted by Gasteiger charge is 2.13. The normalized spacial score (nSPS) is 12.6. The predicted molar refractivity (Wildman–Crippen MR) is 87.6 cm³/mol. The van der Waals surface area contributed by atoms with Gasteiger partial charge in [0.05, 0.1) is 10.7 Å². The second-order valence-corrected chi connectivity index (χ2v) is 6.44. The summed E-state index contributed by atoms with van der Waals surface area (Å²) < 4.78 is 0. The monoisotopic (exact) mass is 288 g/mol. The molecule has 108 valence electrons. The van der Waals surface area contributed by atoms with Crippen molar-refractivity contribution in [2.75, 3.05) is 13.1 Å². The lowest BCUT2D eigenvalue weighted by Gasteiger charge is -2.17. The highest BCUT2D eigenvalue weighted by molar-refractivity contribution is 7.09. The smallest absolute Gasteiger partial charge is 0.0897 e. The average Bonchev–Trinajstić information content (AvgIpc) is 2.84. The number of benzene rings is 1. The van der Waals surface area contributed by atoms with Crippen LogP contribution in [0.25, 0.3) is 0 Å². The largest absolute Gasteiger partial charge is 0.316 e. The molecule has 0 bridgehead atoms. The lowest BCUT2D eigenvalue weighted by Crippen LogP contribution is -2.23. The minimum atomic E-state index is 0.503. The Labute approximate surface area is 126 Å². The first kappa shape index (κ1) is 15.2. The first-order valence-corrected chi connectivity index (χ1v) is 8.25. The maximum absolute atomic E-state index is 4.61. The molecule has 0 fully saturated rings. The van der Waals surface area contributed by atoms with E-state index in [1.54, 1.807) is 11.3 Å². The Balaban J connectivity index is 2.09. The van der Waals surface area contributed by atoms with Crippen molar-refractivity contribution < 1.29 is 0 Å². The van der Waals surface area contributed by atoms with Crippen LogP contribution < -0.4 is 5.32 Å². The minimum Gasteiger partial charge on any atom is -0.316 e. The van der Waals surface area contributed by atoms with Crippen molar-refractivity contribution in [1.29, 1.82) is 0 Å². The number of hydrogen-bond donors (Lipinski definition) is 1. The van der Waals surface area contributed by atoms with Gasteiger partial charge in [0.2, 0.25) is 0 Å². The molecule has 0 aliphatic heterocycles. The summed E-state index contributed by atoms with van der Waals surface area (Å²) >= 11 is 1.74. The molecule has 1 aromatic carbocycles. The number of rotatable bonds is 7. The van der Waals surface area contributed by atoms with Crippen LogP contribution in [-0.4, -0.2) is 18.1 Å². The van der Waals surface area contributed by atoms with Gasteiger partial charge in [-0.25, -0.2) is 4.98 Å². The van der Waals surface area contributed by atoms with Gasteiger partial charge in [0.25, 0.3) is 0 Å². The van der Waals surface area contributed by atoms with Crippen LogP contribution in [0.15, 0.2) is 29.6 Å². The van der Waals surface area contributed by atoms with Gasteiger partial charge in [0.15, 0.2) is 0 Å². The van der Waals surface area contributed by atoms with Crippen LogP contribution in [0.2, 0.25) is 0 Å². The molecule has 1 atom stereocenters. The van der Waals surface area contributed by atoms with Gasteiger partial charge >= 0.3 is 0 Å². The molecule has 2 rings (SSSR count). The van der Waals surface area contributed by atoms with Crippen LogP contribution >= 0.6 is 11.3 Å². The van der Waals surface area contributed by atoms with E-state index in [1.807, 2.05) is 0 Å². The quantitative estimate of drug-likeness (QED) is 0.776. The van der Waals surface area contributed by atoms with E-state index in [0.717, 1.165) is 24.5 Å². The van der Waals surface area contributed by atoms with Crippen LogP contribution in [-0.2, 0) is 6.42 Å². The molecule has 2 nitrogen and oxygen atoms in total. The van der Waals surface area contributed by atoms with Gasteiger partial charge in [-0.1, -0.05) is 36.8 Å². The molecule has 0 amide bonds. The summed E-state index contributed by atoms with van der Waals surface area (Å²) in [4.78, 5) is 4.61. The molecule has 0 aliphatic rings. The molecule has 0 saturated carbocycles. The van der Waals surface area contributed by atoms with Crippen molar-refractivity contribution in [3.05, 3.63) is 51.5 Å². The Kier molecular flexibility index (Phi) is 5.74. The van der Waals surface area contributed by atoms with Crippen LogP contribution in [0.1, 0.15) is 41.1 Å². The lowest BCUT2D eigenvalue weighted by molar-refractivity contribution is 0.572. The van der Waals surface area contributed by atoms with Crippen LogP contribution in [0, 0.1) is 13.8 Å². The molecule has 0 saturated heterocycles. The second kappa shape index (κ2) is 7.55. The summed E-state index contributed by atoms with van der Waals surface area (Å²) in [6.45, 7) is 8.52. The topological polar surface area (TPSA) is 24.9 Å². The van der Waals surface area contributed by atoms with Crippen LogP contribution in [0.4, 0.5) is 0 Å². The van der Waals surface area contributed by atoms with Gasteiger partial charge in [-0.15, -0.1) is 11.3 Å². The summed E-state index contributed by atoms with van der Waals surface area (Å²) in [6, 6.07) is 8.92. The maximum Gasteiger partial charge on any atom is 0.0897 e. The number of aromatic nitrogens is 1. The predicted octanol–water partition coefficient (Wildman–Crippen LogP) is 4.09. The average molecular weight is 288 g/mol. The third kappa shape index (κ3) is 4.43. The standard InChI is InChI=1S/C17H24N2S/c1-4-9-18-11-16(10-17-12-20-14(3)19-17)15-7-5-13(2)6-8-15/h5-8,12,16,18H,4,9-11H2,1-3H3. The first-order valence-electron chi connectivity index (χ1n) is 7.37. The zero-order valence-corrected chi connectivity index (χ0v) is 13.5. The molecule has 3 heteroatoms. The Morgan fingerprint density at radius 1 is 1.20 bits per heavy atom. The Hall–Kier alpha value is -1.19. The molecule has 20 heavy (non-hydrogen) atoms. The molecule has 1 heterocycles. The van der Waals surface area contributed by atoms with E-state index in [1.165, 1.54) is 23.2 Å². The van der Waals surface area contributed by atoms with Crippen molar-refractivity contribution >= 4 is 11.3 Å². The third-order valence-corrected chi connectivity index (χ3v) is 4.31. The van der Waals surface area contributed by atoms with Crippen LogP contribution in [0.5, 0.6) is 0 Å². The summed E-state index contributed by atoms with van der Waals surface area (Å²) in [7, 11) is 0. The fourth-order valence-electron chi connectivity index (χ4n) is 2.35. The zero-order valence-electron chi connectivity index (χ0n) is 12.6. The first-order chi connectivity index (χ1) is 9.69. The van der Waals surface area contributed by atoms with Crippen molar-refractivity contribution in [1.82, 2.24) is 10.3 Å². The van der Waals surface area contributed by atoms with Crippen molar-refractivity contribution in [2.45, 2.75) is 39.5 Å². The van der Waals surface area contributed by atoms with Crippen LogP contribution in [0.3, 0.4) is 0 Å². The van der Waals surface area contributed by atoms with Crippen molar-refractivity contribution in [3.8, 4) is 0 Å². The highest BCUT2D eigenvalue weighted by Crippen LogP contribution is 2.22. The SMILES string of the molecule is CCCNCC(Cc1csc(C)n1)c1ccc(C)cc1. The Bertz CT molecular complexity index is 516. The van der Waals surface area contributed by atoms with E-state index in [-0.39, 0.29) is 0 Å². The Morgan fingerprint density at radius 3 is 2.55 bits per heavy atom. The van der Waals surface area contributed by atoms with Gasteiger partial charge in [-0.2, -0.15) is 0 Å². The van der Waals surface area contributed by atoms with Gasteiger partial charge in [0.1, 0.15) is 0 Å². The minimum absolute atomic E-state index is 0.503. The lowest BCUT2D eigenvalue weighted by atomic mass is 9.93. The molecule has 1 N–H and O–H groups in total.